The number of nitrogens with zero attached hydrogens (tertiary/aromatic N) is 1. The van der Waals surface area contributed by atoms with Gasteiger partial charge in [-0.2, -0.15) is 13.2 Å². The number of alkyl halides is 3. The number of ether oxygens (including phenoxy) is 1. The van der Waals surface area contributed by atoms with Crippen LogP contribution in [0.25, 0.3) is 22.3 Å². The van der Waals surface area contributed by atoms with E-state index >= 15 is 0 Å². The third kappa shape index (κ3) is 4.05. The maximum atomic E-state index is 13.7. The Morgan fingerprint density at radius 2 is 1.57 bits per heavy atom. The molecule has 3 rings (SSSR count). The Morgan fingerprint density at radius 1 is 1.00 bits per heavy atom. The first kappa shape index (κ1) is 20.0. The molecule has 146 valence electrons. The number of aromatic nitrogens is 1. The normalized spacial score (nSPS) is 12.6. The highest BCUT2D eigenvalue weighted by molar-refractivity contribution is 7.79. The fraction of sp³-hybridized carbons (Fsp3) is 0.105. The van der Waals surface area contributed by atoms with Gasteiger partial charge in [0, 0.05) is 11.6 Å². The van der Waals surface area contributed by atoms with E-state index in [2.05, 4.69) is 4.98 Å². The zero-order valence-corrected chi connectivity index (χ0v) is 15.1. The lowest BCUT2D eigenvalue weighted by atomic mass is 9.93. The Kier molecular flexibility index (Phi) is 5.48. The summed E-state index contributed by atoms with van der Waals surface area (Å²) in [6.07, 6.45) is -4.79. The third-order valence-electron chi connectivity index (χ3n) is 3.97. The molecule has 0 aliphatic heterocycles. The van der Waals surface area contributed by atoms with Crippen LogP contribution in [-0.2, 0) is 17.3 Å². The minimum atomic E-state index is -4.79. The lowest BCUT2D eigenvalue weighted by Gasteiger charge is -2.18. The summed E-state index contributed by atoms with van der Waals surface area (Å²) in [5.74, 6) is -0.835. The van der Waals surface area contributed by atoms with Crippen LogP contribution in [0.2, 0.25) is 0 Å². The molecule has 1 aromatic heterocycles. The predicted molar refractivity (Wildman–Crippen MR) is 95.7 cm³/mol. The van der Waals surface area contributed by atoms with Gasteiger partial charge in [0.25, 0.3) is 0 Å². The van der Waals surface area contributed by atoms with Gasteiger partial charge in [-0.15, -0.1) is 0 Å². The molecule has 0 fully saturated rings. The van der Waals surface area contributed by atoms with E-state index in [0.29, 0.717) is 5.56 Å². The van der Waals surface area contributed by atoms with Crippen LogP contribution in [0.15, 0.2) is 59.5 Å². The third-order valence-corrected chi connectivity index (χ3v) is 4.65. The smallest absolute Gasteiger partial charge is 0.434 e. The minimum Gasteiger partial charge on any atom is -0.481 e. The molecule has 1 N–H and O–H groups in total. The van der Waals surface area contributed by atoms with Crippen molar-refractivity contribution in [2.75, 3.05) is 7.11 Å². The maximum absolute atomic E-state index is 13.7. The highest BCUT2D eigenvalue weighted by atomic mass is 32.2. The van der Waals surface area contributed by atoms with E-state index in [1.54, 1.807) is 0 Å². The minimum absolute atomic E-state index is 0.101. The molecule has 1 unspecified atom stereocenters. The molecule has 0 radical (unpaired) electrons. The van der Waals surface area contributed by atoms with Crippen LogP contribution in [0.1, 0.15) is 5.69 Å². The van der Waals surface area contributed by atoms with E-state index in [1.807, 2.05) is 0 Å². The van der Waals surface area contributed by atoms with Crippen LogP contribution in [-0.4, -0.2) is 20.9 Å². The Bertz CT molecular complexity index is 1020. The van der Waals surface area contributed by atoms with Gasteiger partial charge in [0.1, 0.15) is 5.82 Å². The first-order valence-corrected chi connectivity index (χ1v) is 8.95. The first-order chi connectivity index (χ1) is 13.2. The van der Waals surface area contributed by atoms with Crippen LogP contribution in [0.5, 0.6) is 5.88 Å². The fourth-order valence-electron chi connectivity index (χ4n) is 2.72. The standard InChI is InChI=1S/C19H13F4NO3S/c1-27-16-10-15(11-4-8-14(9-5-11)28(25)26)17(18(24-16)19(21,22)23)12-2-6-13(20)7-3-12/h2-10H,1H3,(H,25,26). The van der Waals surface area contributed by atoms with Crippen molar-refractivity contribution in [2.24, 2.45) is 0 Å². The zero-order chi connectivity index (χ0) is 20.5. The van der Waals surface area contributed by atoms with Crippen LogP contribution >= 0.6 is 0 Å². The molecule has 2 aromatic carbocycles. The van der Waals surface area contributed by atoms with Crippen LogP contribution in [0.3, 0.4) is 0 Å². The Labute approximate surface area is 160 Å². The van der Waals surface area contributed by atoms with Crippen molar-refractivity contribution in [3.05, 3.63) is 66.1 Å². The van der Waals surface area contributed by atoms with Crippen molar-refractivity contribution in [1.82, 2.24) is 4.98 Å². The monoisotopic (exact) mass is 411 g/mol. The topological polar surface area (TPSA) is 59.4 Å². The molecule has 0 aliphatic rings. The lowest BCUT2D eigenvalue weighted by molar-refractivity contribution is -0.140. The van der Waals surface area contributed by atoms with Crippen LogP contribution < -0.4 is 4.74 Å². The van der Waals surface area contributed by atoms with E-state index < -0.39 is 28.8 Å². The second kappa shape index (κ2) is 7.69. The van der Waals surface area contributed by atoms with Crippen molar-refractivity contribution in [1.29, 1.82) is 0 Å². The summed E-state index contributed by atoms with van der Waals surface area (Å²) < 4.78 is 79.7. The molecule has 0 saturated heterocycles. The second-order valence-electron chi connectivity index (χ2n) is 5.71. The molecular weight excluding hydrogens is 398 g/mol. The predicted octanol–water partition coefficient (Wildman–Crippen LogP) is 5.16. The van der Waals surface area contributed by atoms with Crippen molar-refractivity contribution in [2.45, 2.75) is 11.1 Å². The maximum Gasteiger partial charge on any atom is 0.434 e. The highest BCUT2D eigenvalue weighted by Crippen LogP contribution is 2.43. The second-order valence-corrected chi connectivity index (χ2v) is 6.68. The summed E-state index contributed by atoms with van der Waals surface area (Å²) in [4.78, 5) is 3.66. The lowest BCUT2D eigenvalue weighted by Crippen LogP contribution is -2.12. The molecule has 0 saturated carbocycles. The van der Waals surface area contributed by atoms with E-state index in [1.165, 1.54) is 49.6 Å². The molecule has 0 aliphatic carbocycles. The van der Waals surface area contributed by atoms with Crippen LogP contribution in [0, 0.1) is 5.82 Å². The molecule has 4 nitrogen and oxygen atoms in total. The summed E-state index contributed by atoms with van der Waals surface area (Å²) in [7, 11) is 1.20. The van der Waals surface area contributed by atoms with Gasteiger partial charge in [-0.3, -0.25) is 0 Å². The Hall–Kier alpha value is -2.78. The van der Waals surface area contributed by atoms with E-state index in [-0.39, 0.29) is 27.5 Å². The molecule has 3 aromatic rings. The zero-order valence-electron chi connectivity index (χ0n) is 14.3. The summed E-state index contributed by atoms with van der Waals surface area (Å²) in [5, 5.41) is 0. The molecule has 1 atom stereocenters. The summed E-state index contributed by atoms with van der Waals surface area (Å²) in [5.41, 5.74) is -0.816. The van der Waals surface area contributed by atoms with Gasteiger partial charge >= 0.3 is 6.18 Å². The van der Waals surface area contributed by atoms with Gasteiger partial charge in [0.2, 0.25) is 5.88 Å². The average molecular weight is 411 g/mol. The Morgan fingerprint density at radius 3 is 2.07 bits per heavy atom. The SMILES string of the molecule is COc1cc(-c2ccc(S(=O)O)cc2)c(-c2ccc(F)cc2)c(C(F)(F)F)n1. The van der Waals surface area contributed by atoms with Crippen molar-refractivity contribution in [3.63, 3.8) is 0 Å². The quantitative estimate of drug-likeness (QED) is 0.476. The fourth-order valence-corrected chi connectivity index (χ4v) is 3.09. The van der Waals surface area contributed by atoms with Crippen molar-refractivity contribution in [3.8, 4) is 28.1 Å². The molecule has 0 amide bonds. The number of hydrogen-bond donors (Lipinski definition) is 1. The number of pyridine rings is 1. The number of methoxy groups -OCH3 is 1. The molecule has 0 bridgehead atoms. The van der Waals surface area contributed by atoms with E-state index in [9.17, 15) is 21.8 Å². The molecule has 1 heterocycles. The van der Waals surface area contributed by atoms with Crippen molar-refractivity contribution < 1.29 is 31.1 Å². The van der Waals surface area contributed by atoms with E-state index in [0.717, 1.165) is 12.1 Å². The molecule has 9 heteroatoms. The van der Waals surface area contributed by atoms with Gasteiger partial charge in [0.15, 0.2) is 16.8 Å². The van der Waals surface area contributed by atoms with Gasteiger partial charge in [-0.05, 0) is 41.0 Å². The molecule has 0 spiro atoms. The number of benzene rings is 2. The highest BCUT2D eigenvalue weighted by Gasteiger charge is 2.38. The number of halogens is 4. The Balaban J connectivity index is 2.33. The van der Waals surface area contributed by atoms with E-state index in [4.69, 9.17) is 9.29 Å². The molecule has 28 heavy (non-hydrogen) atoms. The van der Waals surface area contributed by atoms with Crippen molar-refractivity contribution >= 4 is 11.1 Å². The first-order valence-electron chi connectivity index (χ1n) is 7.84. The summed E-state index contributed by atoms with van der Waals surface area (Å²) in [6.45, 7) is 0. The average Bonchev–Trinajstić information content (AvgIpc) is 2.67. The summed E-state index contributed by atoms with van der Waals surface area (Å²) >= 11 is -2.22. The molecular formula is C19H13F4NO3S. The van der Waals surface area contributed by atoms with Gasteiger partial charge in [-0.1, -0.05) is 24.3 Å². The van der Waals surface area contributed by atoms with Crippen LogP contribution in [0.4, 0.5) is 17.6 Å². The largest absolute Gasteiger partial charge is 0.481 e. The van der Waals surface area contributed by atoms with Gasteiger partial charge < -0.3 is 9.29 Å². The van der Waals surface area contributed by atoms with Gasteiger partial charge in [0.05, 0.1) is 12.0 Å². The number of hydrogen-bond acceptors (Lipinski definition) is 3. The van der Waals surface area contributed by atoms with Gasteiger partial charge in [-0.25, -0.2) is 13.6 Å². The number of rotatable bonds is 4. The summed E-state index contributed by atoms with van der Waals surface area (Å²) in [6, 6.07) is 11.4.